The van der Waals surface area contributed by atoms with Gasteiger partial charge in [0.2, 0.25) is 0 Å². The van der Waals surface area contributed by atoms with Crippen LogP contribution in [0.2, 0.25) is 0 Å². The van der Waals surface area contributed by atoms with Crippen LogP contribution in [0.5, 0.6) is 0 Å². The summed E-state index contributed by atoms with van der Waals surface area (Å²) in [4.78, 5) is 0. The van der Waals surface area contributed by atoms with Crippen LogP contribution in [0.25, 0.3) is 0 Å². The van der Waals surface area contributed by atoms with Crippen LogP contribution in [-0.4, -0.2) is 10.2 Å². The van der Waals surface area contributed by atoms with Gasteiger partial charge in [-0.3, -0.25) is 5.10 Å². The third-order valence-corrected chi connectivity index (χ3v) is 3.05. The average molecular weight is 336 g/mol. The minimum atomic E-state index is 0. The summed E-state index contributed by atoms with van der Waals surface area (Å²) in [6.07, 6.45) is 3.42. The topological polar surface area (TPSA) is 54.7 Å². The first kappa shape index (κ1) is 13.5. The minimum Gasteiger partial charge on any atom is -0.323 e. The van der Waals surface area contributed by atoms with Crippen molar-refractivity contribution in [1.29, 1.82) is 0 Å². The molecule has 1 heterocycles. The minimum absolute atomic E-state index is 0. The van der Waals surface area contributed by atoms with Crippen molar-refractivity contribution in [3.05, 3.63) is 15.0 Å². The molecule has 0 aliphatic heterocycles. The average Bonchev–Trinajstić information content (AvgIpc) is 2.35. The summed E-state index contributed by atoms with van der Waals surface area (Å²) in [7, 11) is 0. The fourth-order valence-corrected chi connectivity index (χ4v) is 2.22. The SMILES string of the molecule is Cl.Cl.NC1CCCc2c(I)n[nH]c21. The zero-order valence-electron chi connectivity index (χ0n) is 6.92. The molecule has 2 rings (SSSR count). The molecule has 13 heavy (non-hydrogen) atoms. The Kier molecular flexibility index (Phi) is 5.58. The van der Waals surface area contributed by atoms with Gasteiger partial charge in [-0.05, 0) is 41.9 Å². The van der Waals surface area contributed by atoms with Crippen molar-refractivity contribution in [2.24, 2.45) is 5.73 Å². The van der Waals surface area contributed by atoms with Crippen LogP contribution in [0, 0.1) is 3.70 Å². The quantitative estimate of drug-likeness (QED) is 0.714. The number of hydrogen-bond donors (Lipinski definition) is 2. The highest BCUT2D eigenvalue weighted by molar-refractivity contribution is 14.1. The lowest BCUT2D eigenvalue weighted by molar-refractivity contribution is 0.558. The summed E-state index contributed by atoms with van der Waals surface area (Å²) in [5.74, 6) is 0. The van der Waals surface area contributed by atoms with E-state index < -0.39 is 0 Å². The van der Waals surface area contributed by atoms with Gasteiger partial charge in [0.25, 0.3) is 0 Å². The summed E-state index contributed by atoms with van der Waals surface area (Å²) in [6.45, 7) is 0. The van der Waals surface area contributed by atoms with Gasteiger partial charge in [0.1, 0.15) is 3.70 Å². The van der Waals surface area contributed by atoms with Crippen LogP contribution in [0.15, 0.2) is 0 Å². The number of rotatable bonds is 0. The van der Waals surface area contributed by atoms with Crippen LogP contribution >= 0.6 is 47.4 Å². The third kappa shape index (κ3) is 2.49. The molecule has 1 aliphatic rings. The Labute approximate surface area is 103 Å². The van der Waals surface area contributed by atoms with Crippen LogP contribution in [0.4, 0.5) is 0 Å². The molecule has 0 spiro atoms. The largest absolute Gasteiger partial charge is 0.323 e. The highest BCUT2D eigenvalue weighted by atomic mass is 127. The lowest BCUT2D eigenvalue weighted by Gasteiger charge is -2.17. The first-order chi connectivity index (χ1) is 5.29. The van der Waals surface area contributed by atoms with Crippen LogP contribution in [-0.2, 0) is 6.42 Å². The molecule has 6 heteroatoms. The van der Waals surface area contributed by atoms with Crippen LogP contribution < -0.4 is 5.73 Å². The van der Waals surface area contributed by atoms with Crippen molar-refractivity contribution in [1.82, 2.24) is 10.2 Å². The molecule has 0 bridgehead atoms. The summed E-state index contributed by atoms with van der Waals surface area (Å²) >= 11 is 2.25. The lowest BCUT2D eigenvalue weighted by Crippen LogP contribution is -2.17. The number of halogens is 3. The summed E-state index contributed by atoms with van der Waals surface area (Å²) in [6, 6.07) is 0.190. The van der Waals surface area contributed by atoms with E-state index in [0.29, 0.717) is 0 Å². The second kappa shape index (κ2) is 5.38. The van der Waals surface area contributed by atoms with Crippen LogP contribution in [0.3, 0.4) is 0 Å². The number of aromatic amines is 1. The molecule has 1 aromatic rings. The van der Waals surface area contributed by atoms with Gasteiger partial charge in [-0.1, -0.05) is 0 Å². The number of H-pyrrole nitrogens is 1. The maximum absolute atomic E-state index is 5.89. The maximum Gasteiger partial charge on any atom is 0.126 e. The molecule has 0 saturated carbocycles. The van der Waals surface area contributed by atoms with Gasteiger partial charge < -0.3 is 5.73 Å². The predicted molar refractivity (Wildman–Crippen MR) is 65.7 cm³/mol. The number of hydrogen-bond acceptors (Lipinski definition) is 2. The third-order valence-electron chi connectivity index (χ3n) is 2.16. The second-order valence-electron chi connectivity index (χ2n) is 2.91. The Balaban J connectivity index is 0.000000720. The Bertz CT molecular complexity index is 277. The number of fused-ring (bicyclic) bond motifs is 1. The zero-order chi connectivity index (χ0) is 7.84. The maximum atomic E-state index is 5.89. The molecule has 1 aromatic heterocycles. The molecule has 76 valence electrons. The number of nitrogens with two attached hydrogens (primary N) is 1. The molecular weight excluding hydrogens is 324 g/mol. The molecule has 1 unspecified atom stereocenters. The predicted octanol–water partition coefficient (Wildman–Crippen LogP) is 2.19. The van der Waals surface area contributed by atoms with E-state index in [1.54, 1.807) is 0 Å². The van der Waals surface area contributed by atoms with E-state index in [1.165, 1.54) is 12.0 Å². The van der Waals surface area contributed by atoms with Crippen LogP contribution in [0.1, 0.15) is 30.1 Å². The van der Waals surface area contributed by atoms with Gasteiger partial charge in [-0.25, -0.2) is 0 Å². The molecular formula is C7H12Cl2IN3. The van der Waals surface area contributed by atoms with Gasteiger partial charge in [0, 0.05) is 11.6 Å². The summed E-state index contributed by atoms with van der Waals surface area (Å²) in [5.41, 5.74) is 8.38. The van der Waals surface area contributed by atoms with E-state index in [0.717, 1.165) is 22.2 Å². The second-order valence-corrected chi connectivity index (χ2v) is 3.93. The van der Waals surface area contributed by atoms with Crippen molar-refractivity contribution >= 4 is 47.4 Å². The van der Waals surface area contributed by atoms with E-state index in [1.807, 2.05) is 0 Å². The summed E-state index contributed by atoms with van der Waals surface area (Å²) in [5, 5.41) is 7.12. The molecule has 0 aromatic carbocycles. The normalized spacial score (nSPS) is 19.7. The van der Waals surface area contributed by atoms with Crippen molar-refractivity contribution in [2.45, 2.75) is 25.3 Å². The Morgan fingerprint density at radius 2 is 2.15 bits per heavy atom. The van der Waals surface area contributed by atoms with Gasteiger partial charge in [-0.2, -0.15) is 5.10 Å². The van der Waals surface area contributed by atoms with Gasteiger partial charge in [0.05, 0.1) is 5.69 Å². The Morgan fingerprint density at radius 1 is 1.46 bits per heavy atom. The van der Waals surface area contributed by atoms with Crippen molar-refractivity contribution in [3.8, 4) is 0 Å². The summed E-state index contributed by atoms with van der Waals surface area (Å²) < 4.78 is 1.09. The number of nitrogens with zero attached hydrogens (tertiary/aromatic N) is 1. The standard InChI is InChI=1S/C7H10IN3.2ClH/c8-7-4-2-1-3-5(9)6(4)10-11-7;;/h5H,1-3,9H2,(H,10,11);2*1H. The van der Waals surface area contributed by atoms with Crippen molar-refractivity contribution in [3.63, 3.8) is 0 Å². The van der Waals surface area contributed by atoms with Crippen molar-refractivity contribution < 1.29 is 0 Å². The molecule has 3 nitrogen and oxygen atoms in total. The fourth-order valence-electron chi connectivity index (χ4n) is 1.54. The van der Waals surface area contributed by atoms with Crippen molar-refractivity contribution in [2.75, 3.05) is 0 Å². The molecule has 0 saturated heterocycles. The first-order valence-electron chi connectivity index (χ1n) is 3.77. The van der Waals surface area contributed by atoms with E-state index in [9.17, 15) is 0 Å². The van der Waals surface area contributed by atoms with E-state index in [-0.39, 0.29) is 30.9 Å². The molecule has 0 radical (unpaired) electrons. The van der Waals surface area contributed by atoms with Gasteiger partial charge in [-0.15, -0.1) is 24.8 Å². The lowest BCUT2D eigenvalue weighted by atomic mass is 9.95. The molecule has 1 atom stereocenters. The zero-order valence-corrected chi connectivity index (χ0v) is 10.7. The molecule has 0 fully saturated rings. The Morgan fingerprint density at radius 3 is 2.77 bits per heavy atom. The van der Waals surface area contributed by atoms with Gasteiger partial charge >= 0.3 is 0 Å². The molecule has 0 amide bonds. The van der Waals surface area contributed by atoms with Gasteiger partial charge in [0.15, 0.2) is 0 Å². The highest BCUT2D eigenvalue weighted by Gasteiger charge is 2.20. The van der Waals surface area contributed by atoms with E-state index >= 15 is 0 Å². The molecule has 3 N–H and O–H groups in total. The molecule has 1 aliphatic carbocycles. The number of nitrogens with one attached hydrogen (secondary N) is 1. The highest BCUT2D eigenvalue weighted by Crippen LogP contribution is 2.28. The number of aromatic nitrogens is 2. The van der Waals surface area contributed by atoms with E-state index in [4.69, 9.17) is 5.73 Å². The Hall–Kier alpha value is 0.480. The smallest absolute Gasteiger partial charge is 0.126 e. The monoisotopic (exact) mass is 335 g/mol. The van der Waals surface area contributed by atoms with E-state index in [2.05, 4.69) is 32.8 Å². The fraction of sp³-hybridized carbons (Fsp3) is 0.571. The first-order valence-corrected chi connectivity index (χ1v) is 4.85.